The van der Waals surface area contributed by atoms with Gasteiger partial charge in [0.2, 0.25) is 0 Å². The Morgan fingerprint density at radius 2 is 2.00 bits per heavy atom. The van der Waals surface area contributed by atoms with Crippen LogP contribution in [0, 0.1) is 11.3 Å². The van der Waals surface area contributed by atoms with E-state index in [2.05, 4.69) is 11.6 Å². The van der Waals surface area contributed by atoms with Crippen molar-refractivity contribution in [1.29, 1.82) is 5.26 Å². The van der Waals surface area contributed by atoms with Crippen LogP contribution in [0.1, 0.15) is 18.1 Å². The minimum Gasteiger partial charge on any atom is -0.490 e. The molecule has 0 unspecified atom stereocenters. The predicted octanol–water partition coefficient (Wildman–Crippen LogP) is 5.32. The van der Waals surface area contributed by atoms with E-state index in [1.54, 1.807) is 43.3 Å². The van der Waals surface area contributed by atoms with Gasteiger partial charge in [0.1, 0.15) is 23.5 Å². The van der Waals surface area contributed by atoms with Crippen molar-refractivity contribution in [3.63, 3.8) is 0 Å². The maximum absolute atomic E-state index is 13.3. The molecule has 25 heavy (non-hydrogen) atoms. The Hall–Kier alpha value is -2.46. The zero-order valence-corrected chi connectivity index (χ0v) is 14.2. The summed E-state index contributed by atoms with van der Waals surface area (Å²) in [5.41, 5.74) is -0.728. The molecule has 1 heterocycles. The van der Waals surface area contributed by atoms with Gasteiger partial charge in [0, 0.05) is 5.56 Å². The summed E-state index contributed by atoms with van der Waals surface area (Å²) in [4.78, 5) is 4.25. The minimum atomic E-state index is -4.63. The largest absolute Gasteiger partial charge is 0.490 e. The molecule has 0 saturated heterocycles. The fourth-order valence-corrected chi connectivity index (χ4v) is 2.86. The molecule has 130 valence electrons. The molecule has 0 aliphatic carbocycles. The summed E-state index contributed by atoms with van der Waals surface area (Å²) >= 11 is 1.11. The fourth-order valence-electron chi connectivity index (χ4n) is 2.12. The molecule has 3 nitrogen and oxygen atoms in total. The summed E-state index contributed by atoms with van der Waals surface area (Å²) in [7, 11) is 0. The van der Waals surface area contributed by atoms with Gasteiger partial charge in [-0.05, 0) is 36.1 Å². The van der Waals surface area contributed by atoms with Crippen LogP contribution in [0.15, 0.2) is 48.0 Å². The molecule has 0 spiro atoms. The molecule has 0 aliphatic heterocycles. The monoisotopic (exact) mass is 364 g/mol. The molecule has 1 aromatic heterocycles. The molecule has 2 rings (SSSR count). The van der Waals surface area contributed by atoms with Crippen molar-refractivity contribution >= 4 is 11.8 Å². The molecular weight excluding hydrogens is 349 g/mol. The van der Waals surface area contributed by atoms with Crippen LogP contribution in [0.2, 0.25) is 0 Å². The smallest absolute Gasteiger partial charge is 0.417 e. The summed E-state index contributed by atoms with van der Waals surface area (Å²) in [5, 5.41) is 9.23. The van der Waals surface area contributed by atoms with Crippen LogP contribution in [-0.2, 0) is 6.18 Å². The molecule has 2 aromatic rings. The Labute approximate surface area is 148 Å². The van der Waals surface area contributed by atoms with Gasteiger partial charge in [0.25, 0.3) is 0 Å². The number of nitrogens with zero attached hydrogens (tertiary/aromatic N) is 2. The standard InChI is InChI=1S/C18H15F3N2OS/c1-3-9-24-13-7-5-12(6-8-13)16-10-15(18(19,20)21)14(11-22)17(23-16)25-4-2/h3,5-8,10H,1,4,9H2,2H3. The number of pyridine rings is 1. The average molecular weight is 364 g/mol. The molecule has 0 N–H and O–H groups in total. The number of benzene rings is 1. The highest BCUT2D eigenvalue weighted by Gasteiger charge is 2.36. The number of hydrogen-bond acceptors (Lipinski definition) is 4. The minimum absolute atomic E-state index is 0.0850. The number of thioether (sulfide) groups is 1. The summed E-state index contributed by atoms with van der Waals surface area (Å²) in [5.74, 6) is 1.09. The van der Waals surface area contributed by atoms with Gasteiger partial charge in [0.05, 0.1) is 16.8 Å². The normalized spacial score (nSPS) is 11.0. The van der Waals surface area contributed by atoms with E-state index >= 15 is 0 Å². The van der Waals surface area contributed by atoms with E-state index < -0.39 is 17.3 Å². The summed E-state index contributed by atoms with van der Waals surface area (Å²) in [6.07, 6.45) is -3.03. The highest BCUT2D eigenvalue weighted by Crippen LogP contribution is 2.38. The van der Waals surface area contributed by atoms with E-state index in [4.69, 9.17) is 10.00 Å². The van der Waals surface area contributed by atoms with E-state index in [0.29, 0.717) is 23.7 Å². The van der Waals surface area contributed by atoms with Crippen molar-refractivity contribution in [2.24, 2.45) is 0 Å². The molecule has 0 radical (unpaired) electrons. The van der Waals surface area contributed by atoms with Crippen molar-refractivity contribution < 1.29 is 17.9 Å². The molecule has 0 fully saturated rings. The van der Waals surface area contributed by atoms with Crippen molar-refractivity contribution in [3.8, 4) is 23.1 Å². The van der Waals surface area contributed by atoms with Crippen LogP contribution in [0.3, 0.4) is 0 Å². The zero-order chi connectivity index (χ0) is 18.4. The first-order valence-electron chi connectivity index (χ1n) is 7.40. The third-order valence-corrected chi connectivity index (χ3v) is 4.06. The van der Waals surface area contributed by atoms with Crippen molar-refractivity contribution in [1.82, 2.24) is 4.98 Å². The first-order valence-corrected chi connectivity index (χ1v) is 8.38. The maximum atomic E-state index is 13.3. The SMILES string of the molecule is C=CCOc1ccc(-c2cc(C(F)(F)F)c(C#N)c(SCC)n2)cc1. The highest BCUT2D eigenvalue weighted by molar-refractivity contribution is 7.99. The van der Waals surface area contributed by atoms with E-state index in [-0.39, 0.29) is 10.7 Å². The van der Waals surface area contributed by atoms with Crippen LogP contribution in [0.5, 0.6) is 5.75 Å². The quantitative estimate of drug-likeness (QED) is 0.514. The molecule has 0 amide bonds. The molecule has 0 atom stereocenters. The van der Waals surface area contributed by atoms with Crippen LogP contribution >= 0.6 is 11.8 Å². The van der Waals surface area contributed by atoms with Gasteiger partial charge < -0.3 is 4.74 Å². The van der Waals surface area contributed by atoms with Gasteiger partial charge in [-0.3, -0.25) is 0 Å². The molecule has 0 aliphatic rings. The number of alkyl halides is 3. The number of halogens is 3. The fraction of sp³-hybridized carbons (Fsp3) is 0.222. The van der Waals surface area contributed by atoms with Crippen molar-refractivity contribution in [2.75, 3.05) is 12.4 Å². The topological polar surface area (TPSA) is 45.9 Å². The van der Waals surface area contributed by atoms with Gasteiger partial charge in [-0.15, -0.1) is 11.8 Å². The summed E-state index contributed by atoms with van der Waals surface area (Å²) < 4.78 is 45.4. The first kappa shape index (κ1) is 18.9. The lowest BCUT2D eigenvalue weighted by atomic mass is 10.1. The molecular formula is C18H15F3N2OS. The number of nitriles is 1. The predicted molar refractivity (Wildman–Crippen MR) is 91.5 cm³/mol. The van der Waals surface area contributed by atoms with E-state index in [1.807, 2.05) is 0 Å². The van der Waals surface area contributed by atoms with Crippen molar-refractivity contribution in [3.05, 3.63) is 54.1 Å². The number of rotatable bonds is 6. The lowest BCUT2D eigenvalue weighted by Crippen LogP contribution is -2.10. The van der Waals surface area contributed by atoms with Gasteiger partial charge >= 0.3 is 6.18 Å². The van der Waals surface area contributed by atoms with E-state index in [9.17, 15) is 13.2 Å². The third-order valence-electron chi connectivity index (χ3n) is 3.20. The summed E-state index contributed by atoms with van der Waals surface area (Å²) in [6, 6.07) is 9.12. The third kappa shape index (κ3) is 4.54. The molecule has 0 saturated carbocycles. The van der Waals surface area contributed by atoms with Crippen LogP contribution in [-0.4, -0.2) is 17.3 Å². The van der Waals surface area contributed by atoms with Gasteiger partial charge in [0.15, 0.2) is 0 Å². The second kappa shape index (κ2) is 8.08. The average Bonchev–Trinajstić information content (AvgIpc) is 2.59. The Balaban J connectivity index is 2.52. The highest BCUT2D eigenvalue weighted by atomic mass is 32.2. The van der Waals surface area contributed by atoms with Crippen LogP contribution in [0.4, 0.5) is 13.2 Å². The number of aromatic nitrogens is 1. The molecule has 7 heteroatoms. The second-order valence-corrected chi connectivity index (χ2v) is 6.15. The van der Waals surface area contributed by atoms with Crippen LogP contribution in [0.25, 0.3) is 11.3 Å². The zero-order valence-electron chi connectivity index (χ0n) is 13.4. The van der Waals surface area contributed by atoms with Gasteiger partial charge in [-0.1, -0.05) is 19.6 Å². The van der Waals surface area contributed by atoms with Gasteiger partial charge in [-0.2, -0.15) is 18.4 Å². The van der Waals surface area contributed by atoms with Crippen LogP contribution < -0.4 is 4.74 Å². The Morgan fingerprint density at radius 3 is 2.52 bits per heavy atom. The second-order valence-electron chi connectivity index (χ2n) is 4.90. The van der Waals surface area contributed by atoms with E-state index in [1.165, 1.54) is 0 Å². The number of hydrogen-bond donors (Lipinski definition) is 0. The van der Waals surface area contributed by atoms with E-state index in [0.717, 1.165) is 17.8 Å². The lowest BCUT2D eigenvalue weighted by Gasteiger charge is -2.14. The Bertz CT molecular complexity index is 796. The Kier molecular flexibility index (Phi) is 6.10. The first-order chi connectivity index (χ1) is 11.9. The lowest BCUT2D eigenvalue weighted by molar-refractivity contribution is -0.138. The Morgan fingerprint density at radius 1 is 1.32 bits per heavy atom. The summed E-state index contributed by atoms with van der Waals surface area (Å²) in [6.45, 7) is 5.67. The maximum Gasteiger partial charge on any atom is 0.417 e. The molecule has 1 aromatic carbocycles. The number of ether oxygens (including phenoxy) is 1. The molecule has 0 bridgehead atoms. The van der Waals surface area contributed by atoms with Crippen molar-refractivity contribution in [2.45, 2.75) is 18.1 Å². The van der Waals surface area contributed by atoms with Gasteiger partial charge in [-0.25, -0.2) is 4.98 Å².